The molecule has 0 atom stereocenters. The summed E-state index contributed by atoms with van der Waals surface area (Å²) in [6, 6.07) is 0. The first-order valence-electron chi connectivity index (χ1n) is 6.07. The molecule has 0 aliphatic heterocycles. The van der Waals surface area contributed by atoms with E-state index in [-0.39, 0.29) is 11.8 Å². The van der Waals surface area contributed by atoms with Gasteiger partial charge in [0.1, 0.15) is 6.33 Å². The molecule has 0 aliphatic rings. The van der Waals surface area contributed by atoms with Gasteiger partial charge in [0.2, 0.25) is 0 Å². The average molecular weight is 255 g/mol. The summed E-state index contributed by atoms with van der Waals surface area (Å²) in [6.07, 6.45) is 2.74. The molecule has 0 fully saturated rings. The fraction of sp³-hybridized carbons (Fsp3) is 0.583. The zero-order chi connectivity index (χ0) is 13.4. The van der Waals surface area contributed by atoms with Gasteiger partial charge in [-0.25, -0.2) is 14.4 Å². The van der Waals surface area contributed by atoms with Gasteiger partial charge in [-0.1, -0.05) is 6.92 Å². The lowest BCUT2D eigenvalue weighted by atomic mass is 10.3. The van der Waals surface area contributed by atoms with Crippen LogP contribution in [0.3, 0.4) is 0 Å². The number of aryl methyl sites for hydroxylation is 1. The number of rotatable bonds is 7. The number of anilines is 1. The smallest absolute Gasteiger partial charge is 0.305 e. The van der Waals surface area contributed by atoms with E-state index in [1.165, 1.54) is 6.33 Å². The fourth-order valence-electron chi connectivity index (χ4n) is 1.45. The van der Waals surface area contributed by atoms with E-state index in [9.17, 15) is 9.18 Å². The summed E-state index contributed by atoms with van der Waals surface area (Å²) < 4.78 is 18.5. The lowest BCUT2D eigenvalue weighted by Gasteiger charge is -2.07. The lowest BCUT2D eigenvalue weighted by molar-refractivity contribution is -0.143. The number of halogens is 1. The van der Waals surface area contributed by atoms with E-state index in [0.29, 0.717) is 38.1 Å². The van der Waals surface area contributed by atoms with Crippen LogP contribution < -0.4 is 5.32 Å². The number of aromatic nitrogens is 2. The molecule has 0 aliphatic carbocycles. The second-order valence-electron chi connectivity index (χ2n) is 3.67. The number of hydrogen-bond donors (Lipinski definition) is 1. The molecule has 6 heteroatoms. The quantitative estimate of drug-likeness (QED) is 0.596. The average Bonchev–Trinajstić information content (AvgIpc) is 2.36. The molecule has 1 aromatic heterocycles. The van der Waals surface area contributed by atoms with Crippen molar-refractivity contribution in [1.82, 2.24) is 9.97 Å². The maximum absolute atomic E-state index is 13.7. The zero-order valence-electron chi connectivity index (χ0n) is 10.7. The monoisotopic (exact) mass is 255 g/mol. The molecule has 0 spiro atoms. The van der Waals surface area contributed by atoms with Crippen molar-refractivity contribution < 1.29 is 13.9 Å². The van der Waals surface area contributed by atoms with Crippen LogP contribution in [0.15, 0.2) is 6.33 Å². The van der Waals surface area contributed by atoms with Gasteiger partial charge in [-0.15, -0.1) is 0 Å². The van der Waals surface area contributed by atoms with Gasteiger partial charge >= 0.3 is 5.97 Å². The third-order valence-corrected chi connectivity index (χ3v) is 2.35. The number of nitrogens with zero attached hydrogens (tertiary/aromatic N) is 2. The van der Waals surface area contributed by atoms with E-state index in [1.54, 1.807) is 6.92 Å². The predicted molar refractivity (Wildman–Crippen MR) is 65.7 cm³/mol. The minimum absolute atomic E-state index is 0.186. The van der Waals surface area contributed by atoms with Crippen LogP contribution in [0.25, 0.3) is 0 Å². The molecule has 0 aromatic carbocycles. The molecule has 18 heavy (non-hydrogen) atoms. The first-order chi connectivity index (χ1) is 8.69. The summed E-state index contributed by atoms with van der Waals surface area (Å²) in [5.41, 5.74) is 0.387. The Morgan fingerprint density at radius 2 is 2.22 bits per heavy atom. The van der Waals surface area contributed by atoms with E-state index < -0.39 is 5.82 Å². The Balaban J connectivity index is 2.38. The molecular weight excluding hydrogens is 237 g/mol. The molecule has 1 N–H and O–H groups in total. The Morgan fingerprint density at radius 3 is 2.89 bits per heavy atom. The van der Waals surface area contributed by atoms with Crippen LogP contribution in [-0.2, 0) is 16.0 Å². The Kier molecular flexibility index (Phi) is 6.04. The Bertz CT molecular complexity index is 399. The highest BCUT2D eigenvalue weighted by molar-refractivity contribution is 5.69. The largest absolute Gasteiger partial charge is 0.466 e. The van der Waals surface area contributed by atoms with Crippen molar-refractivity contribution in [2.24, 2.45) is 0 Å². The van der Waals surface area contributed by atoms with Gasteiger partial charge in [0.25, 0.3) is 0 Å². The minimum atomic E-state index is -0.420. The van der Waals surface area contributed by atoms with Crippen LogP contribution in [0.1, 0.15) is 32.4 Å². The van der Waals surface area contributed by atoms with Crippen molar-refractivity contribution in [3.63, 3.8) is 0 Å². The van der Waals surface area contributed by atoms with Crippen LogP contribution in [0, 0.1) is 5.82 Å². The highest BCUT2D eigenvalue weighted by Crippen LogP contribution is 2.13. The summed E-state index contributed by atoms with van der Waals surface area (Å²) in [4.78, 5) is 18.7. The number of carbonyl (C=O) groups is 1. The first kappa shape index (κ1) is 14.3. The first-order valence-corrected chi connectivity index (χ1v) is 6.07. The van der Waals surface area contributed by atoms with E-state index in [4.69, 9.17) is 4.74 Å². The van der Waals surface area contributed by atoms with Gasteiger partial charge in [0.05, 0.1) is 12.3 Å². The molecule has 0 radical (unpaired) electrons. The number of esters is 1. The molecule has 0 bridgehead atoms. The van der Waals surface area contributed by atoms with Crippen molar-refractivity contribution in [3.05, 3.63) is 17.8 Å². The highest BCUT2D eigenvalue weighted by atomic mass is 19.1. The van der Waals surface area contributed by atoms with Gasteiger partial charge in [-0.05, 0) is 19.8 Å². The van der Waals surface area contributed by atoms with Gasteiger partial charge in [-0.2, -0.15) is 0 Å². The van der Waals surface area contributed by atoms with Crippen LogP contribution in [0.5, 0.6) is 0 Å². The SMILES string of the molecule is CCOC(=O)CCCNc1ncnc(CC)c1F. The second kappa shape index (κ2) is 7.58. The summed E-state index contributed by atoms with van der Waals surface area (Å²) in [5, 5.41) is 2.85. The van der Waals surface area contributed by atoms with Crippen molar-refractivity contribution in [2.75, 3.05) is 18.5 Å². The van der Waals surface area contributed by atoms with Crippen molar-refractivity contribution in [2.45, 2.75) is 33.1 Å². The topological polar surface area (TPSA) is 64.1 Å². The van der Waals surface area contributed by atoms with E-state index in [0.717, 1.165) is 0 Å². The molecule has 5 nitrogen and oxygen atoms in total. The molecule has 0 saturated carbocycles. The van der Waals surface area contributed by atoms with Crippen molar-refractivity contribution >= 4 is 11.8 Å². The number of hydrogen-bond acceptors (Lipinski definition) is 5. The van der Waals surface area contributed by atoms with Gasteiger partial charge < -0.3 is 10.1 Å². The maximum Gasteiger partial charge on any atom is 0.305 e. The zero-order valence-corrected chi connectivity index (χ0v) is 10.7. The van der Waals surface area contributed by atoms with Gasteiger partial charge in [0, 0.05) is 13.0 Å². The van der Waals surface area contributed by atoms with E-state index >= 15 is 0 Å². The number of carbonyl (C=O) groups excluding carboxylic acids is 1. The van der Waals surface area contributed by atoms with Crippen LogP contribution in [-0.4, -0.2) is 29.1 Å². The molecule has 1 heterocycles. The third-order valence-electron chi connectivity index (χ3n) is 2.35. The Hall–Kier alpha value is -1.72. The Morgan fingerprint density at radius 1 is 1.44 bits per heavy atom. The van der Waals surface area contributed by atoms with Crippen molar-refractivity contribution in [3.8, 4) is 0 Å². The highest BCUT2D eigenvalue weighted by Gasteiger charge is 2.09. The van der Waals surface area contributed by atoms with Crippen LogP contribution in [0.4, 0.5) is 10.2 Å². The summed E-state index contributed by atoms with van der Waals surface area (Å²) in [5.74, 6) is -0.474. The number of ether oxygens (including phenoxy) is 1. The third kappa shape index (κ3) is 4.27. The summed E-state index contributed by atoms with van der Waals surface area (Å²) >= 11 is 0. The van der Waals surface area contributed by atoms with Crippen LogP contribution in [0.2, 0.25) is 0 Å². The molecule has 0 saturated heterocycles. The molecule has 0 unspecified atom stereocenters. The number of nitrogens with one attached hydrogen (secondary N) is 1. The fourth-order valence-corrected chi connectivity index (χ4v) is 1.45. The molecule has 100 valence electrons. The lowest BCUT2D eigenvalue weighted by Crippen LogP contribution is -2.11. The minimum Gasteiger partial charge on any atom is -0.466 e. The second-order valence-corrected chi connectivity index (χ2v) is 3.67. The maximum atomic E-state index is 13.7. The molecule has 0 amide bonds. The standard InChI is InChI=1S/C12H18FN3O2/c1-3-9-11(13)12(16-8-15-9)14-7-5-6-10(17)18-4-2/h8H,3-7H2,1-2H3,(H,14,15,16). The predicted octanol–water partition coefficient (Wildman–Crippen LogP) is 1.93. The Labute approximate surface area is 106 Å². The normalized spacial score (nSPS) is 10.2. The summed E-state index contributed by atoms with van der Waals surface area (Å²) in [7, 11) is 0. The van der Waals surface area contributed by atoms with E-state index in [2.05, 4.69) is 15.3 Å². The molecule has 1 rings (SSSR count). The van der Waals surface area contributed by atoms with Crippen LogP contribution >= 0.6 is 0 Å². The summed E-state index contributed by atoms with van der Waals surface area (Å²) in [6.45, 7) is 4.44. The van der Waals surface area contributed by atoms with Crippen molar-refractivity contribution in [1.29, 1.82) is 0 Å². The molecular formula is C12H18FN3O2. The molecule has 1 aromatic rings. The van der Waals surface area contributed by atoms with E-state index in [1.807, 2.05) is 6.92 Å². The van der Waals surface area contributed by atoms with Gasteiger partial charge in [0.15, 0.2) is 11.6 Å². The van der Waals surface area contributed by atoms with Gasteiger partial charge in [-0.3, -0.25) is 4.79 Å².